The fourth-order valence-electron chi connectivity index (χ4n) is 3.05. The SMILES string of the molecule is CC1CCCC(NC(=O)c2cn(C3CNC3)nn2)C1C. The van der Waals surface area contributed by atoms with Crippen LogP contribution in [0.1, 0.15) is 49.6 Å². The average molecular weight is 277 g/mol. The Hall–Kier alpha value is -1.43. The molecule has 6 nitrogen and oxygen atoms in total. The molecule has 2 N–H and O–H groups in total. The minimum absolute atomic E-state index is 0.0884. The van der Waals surface area contributed by atoms with Gasteiger partial charge in [-0.25, -0.2) is 4.68 Å². The topological polar surface area (TPSA) is 71.8 Å². The van der Waals surface area contributed by atoms with E-state index in [2.05, 4.69) is 34.8 Å². The molecule has 110 valence electrons. The number of aromatic nitrogens is 3. The van der Waals surface area contributed by atoms with Crippen molar-refractivity contribution in [3.05, 3.63) is 11.9 Å². The summed E-state index contributed by atoms with van der Waals surface area (Å²) < 4.78 is 1.79. The highest BCUT2D eigenvalue weighted by atomic mass is 16.2. The molecule has 3 rings (SSSR count). The predicted octanol–water partition coefficient (Wildman–Crippen LogP) is 0.977. The lowest BCUT2D eigenvalue weighted by Crippen LogP contribution is -2.44. The summed E-state index contributed by atoms with van der Waals surface area (Å²) in [6.07, 6.45) is 5.28. The van der Waals surface area contributed by atoms with Crippen LogP contribution in [0.4, 0.5) is 0 Å². The second-order valence-electron chi connectivity index (χ2n) is 6.24. The van der Waals surface area contributed by atoms with Crippen LogP contribution in [0, 0.1) is 11.8 Å². The summed E-state index contributed by atoms with van der Waals surface area (Å²) in [5, 5.41) is 14.4. The van der Waals surface area contributed by atoms with Crippen LogP contribution in [-0.4, -0.2) is 40.0 Å². The van der Waals surface area contributed by atoms with E-state index in [4.69, 9.17) is 0 Å². The zero-order chi connectivity index (χ0) is 14.1. The minimum atomic E-state index is -0.0884. The highest BCUT2D eigenvalue weighted by Gasteiger charge is 2.29. The summed E-state index contributed by atoms with van der Waals surface area (Å²) >= 11 is 0. The van der Waals surface area contributed by atoms with Crippen LogP contribution in [0.5, 0.6) is 0 Å². The van der Waals surface area contributed by atoms with E-state index in [1.54, 1.807) is 10.9 Å². The lowest BCUT2D eigenvalue weighted by molar-refractivity contribution is 0.0886. The van der Waals surface area contributed by atoms with Crippen LogP contribution in [-0.2, 0) is 0 Å². The molecule has 1 aliphatic carbocycles. The van der Waals surface area contributed by atoms with E-state index in [1.807, 2.05) is 0 Å². The molecular weight excluding hydrogens is 254 g/mol. The van der Waals surface area contributed by atoms with Crippen LogP contribution in [0.25, 0.3) is 0 Å². The maximum absolute atomic E-state index is 12.3. The molecule has 1 amide bonds. The summed E-state index contributed by atoms with van der Waals surface area (Å²) in [7, 11) is 0. The van der Waals surface area contributed by atoms with Crippen molar-refractivity contribution in [3.8, 4) is 0 Å². The summed E-state index contributed by atoms with van der Waals surface area (Å²) in [6, 6.07) is 0.611. The lowest BCUT2D eigenvalue weighted by Gasteiger charge is -2.34. The molecular formula is C14H23N5O. The number of carbonyl (C=O) groups excluding carboxylic acids is 1. The summed E-state index contributed by atoms with van der Waals surface area (Å²) in [6.45, 7) is 6.30. The Kier molecular flexibility index (Phi) is 3.74. The minimum Gasteiger partial charge on any atom is -0.348 e. The molecule has 1 saturated heterocycles. The fourth-order valence-corrected chi connectivity index (χ4v) is 3.05. The largest absolute Gasteiger partial charge is 0.348 e. The van der Waals surface area contributed by atoms with Crippen LogP contribution in [0.2, 0.25) is 0 Å². The monoisotopic (exact) mass is 277 g/mol. The van der Waals surface area contributed by atoms with Gasteiger partial charge in [-0.3, -0.25) is 4.79 Å². The van der Waals surface area contributed by atoms with Gasteiger partial charge in [-0.1, -0.05) is 31.9 Å². The molecule has 2 fully saturated rings. The zero-order valence-corrected chi connectivity index (χ0v) is 12.2. The molecule has 1 aromatic rings. The quantitative estimate of drug-likeness (QED) is 0.864. The maximum atomic E-state index is 12.3. The molecule has 20 heavy (non-hydrogen) atoms. The van der Waals surface area contributed by atoms with Gasteiger partial charge < -0.3 is 10.6 Å². The smallest absolute Gasteiger partial charge is 0.273 e. The first-order valence-corrected chi connectivity index (χ1v) is 7.58. The molecule has 2 aliphatic rings. The first kappa shape index (κ1) is 13.5. The van der Waals surface area contributed by atoms with E-state index in [-0.39, 0.29) is 11.9 Å². The Morgan fingerprint density at radius 1 is 1.40 bits per heavy atom. The molecule has 1 saturated carbocycles. The van der Waals surface area contributed by atoms with Gasteiger partial charge in [0.1, 0.15) is 0 Å². The van der Waals surface area contributed by atoms with Crippen molar-refractivity contribution < 1.29 is 4.79 Å². The summed E-state index contributed by atoms with van der Waals surface area (Å²) in [4.78, 5) is 12.3. The van der Waals surface area contributed by atoms with Gasteiger partial charge in [-0.2, -0.15) is 0 Å². The van der Waals surface area contributed by atoms with Gasteiger partial charge in [-0.15, -0.1) is 5.10 Å². The van der Waals surface area contributed by atoms with Crippen molar-refractivity contribution in [2.75, 3.05) is 13.1 Å². The zero-order valence-electron chi connectivity index (χ0n) is 12.2. The van der Waals surface area contributed by atoms with Crippen molar-refractivity contribution in [2.45, 2.75) is 45.2 Å². The van der Waals surface area contributed by atoms with E-state index in [9.17, 15) is 4.79 Å². The van der Waals surface area contributed by atoms with E-state index >= 15 is 0 Å². The Morgan fingerprint density at radius 2 is 2.20 bits per heavy atom. The van der Waals surface area contributed by atoms with Crippen molar-refractivity contribution >= 4 is 5.91 Å². The van der Waals surface area contributed by atoms with E-state index in [1.165, 1.54) is 12.8 Å². The molecule has 2 heterocycles. The standard InChI is InChI=1S/C14H23N5O/c1-9-4-3-5-12(10(9)2)16-14(20)13-8-19(18-17-13)11-6-15-7-11/h8-12,15H,3-7H2,1-2H3,(H,16,20). The molecule has 3 atom stereocenters. The normalized spacial score (nSPS) is 30.8. The Labute approximate surface area is 119 Å². The maximum Gasteiger partial charge on any atom is 0.273 e. The Morgan fingerprint density at radius 3 is 2.90 bits per heavy atom. The van der Waals surface area contributed by atoms with Crippen LogP contribution in [0.15, 0.2) is 6.20 Å². The average Bonchev–Trinajstić information content (AvgIpc) is 2.82. The first-order chi connectivity index (χ1) is 9.65. The van der Waals surface area contributed by atoms with Gasteiger partial charge in [0.2, 0.25) is 0 Å². The van der Waals surface area contributed by atoms with Crippen molar-refractivity contribution in [1.82, 2.24) is 25.6 Å². The van der Waals surface area contributed by atoms with Crippen molar-refractivity contribution in [2.24, 2.45) is 11.8 Å². The number of nitrogens with one attached hydrogen (secondary N) is 2. The van der Waals surface area contributed by atoms with Gasteiger partial charge in [-0.05, 0) is 18.3 Å². The third-order valence-corrected chi connectivity index (χ3v) is 4.90. The summed E-state index contributed by atoms with van der Waals surface area (Å²) in [5.74, 6) is 1.11. The number of amides is 1. The van der Waals surface area contributed by atoms with E-state index in [0.29, 0.717) is 23.6 Å². The predicted molar refractivity (Wildman–Crippen MR) is 75.4 cm³/mol. The summed E-state index contributed by atoms with van der Waals surface area (Å²) in [5.41, 5.74) is 0.433. The third kappa shape index (κ3) is 2.57. The highest BCUT2D eigenvalue weighted by Crippen LogP contribution is 2.29. The third-order valence-electron chi connectivity index (χ3n) is 4.90. The number of rotatable bonds is 3. The molecule has 0 spiro atoms. The van der Waals surface area contributed by atoms with Gasteiger partial charge in [0.05, 0.1) is 12.2 Å². The van der Waals surface area contributed by atoms with E-state index in [0.717, 1.165) is 19.5 Å². The molecule has 1 aliphatic heterocycles. The second kappa shape index (κ2) is 5.52. The lowest BCUT2D eigenvalue weighted by atomic mass is 9.78. The molecule has 0 radical (unpaired) electrons. The van der Waals surface area contributed by atoms with Gasteiger partial charge in [0.25, 0.3) is 5.91 Å². The van der Waals surface area contributed by atoms with Gasteiger partial charge in [0.15, 0.2) is 5.69 Å². The highest BCUT2D eigenvalue weighted by molar-refractivity contribution is 5.92. The number of hydrogen-bond donors (Lipinski definition) is 2. The first-order valence-electron chi connectivity index (χ1n) is 7.58. The molecule has 3 unspecified atom stereocenters. The van der Waals surface area contributed by atoms with Gasteiger partial charge >= 0.3 is 0 Å². The number of hydrogen-bond acceptors (Lipinski definition) is 4. The fraction of sp³-hybridized carbons (Fsp3) is 0.786. The molecule has 1 aromatic heterocycles. The number of carbonyl (C=O) groups is 1. The van der Waals surface area contributed by atoms with Gasteiger partial charge in [0, 0.05) is 19.1 Å². The van der Waals surface area contributed by atoms with Crippen LogP contribution >= 0.6 is 0 Å². The Bertz CT molecular complexity index is 482. The van der Waals surface area contributed by atoms with Crippen LogP contribution < -0.4 is 10.6 Å². The number of nitrogens with zero attached hydrogens (tertiary/aromatic N) is 3. The van der Waals surface area contributed by atoms with Crippen molar-refractivity contribution in [3.63, 3.8) is 0 Å². The molecule has 0 bridgehead atoms. The second-order valence-corrected chi connectivity index (χ2v) is 6.24. The van der Waals surface area contributed by atoms with E-state index < -0.39 is 0 Å². The molecule has 0 aromatic carbocycles. The van der Waals surface area contributed by atoms with Crippen molar-refractivity contribution in [1.29, 1.82) is 0 Å². The van der Waals surface area contributed by atoms with Crippen LogP contribution in [0.3, 0.4) is 0 Å². The molecule has 6 heteroatoms. The Balaban J connectivity index is 1.62.